The van der Waals surface area contributed by atoms with Crippen LogP contribution in [0, 0.1) is 31.6 Å². The largest absolute Gasteiger partial charge is 0.507 e. The summed E-state index contributed by atoms with van der Waals surface area (Å²) in [6.45, 7) is 3.56. The number of carbonyl (C=O) groups is 2. The standard InChI is InChI=1S/C43H38BF6NO6/c1-24-15-26(16-25(2)39(24)52)17-28(27-9-5-3-6-10-27)13-14-36-37-29(23-56-33-11-7-4-8-12-33)18-34-38(35(37)22-44(55)57-36)41(54)51(40(34)53)32-20-30(42(45,46)47)19-31(21-32)43(48,49)50/h3-12,15-17,19-21,34-36,38,52,55H,13-14,18,22-23H2,1-2H3/b28-17-/t34-,35+,36-,38-/m1/s1. The fourth-order valence-corrected chi connectivity index (χ4v) is 8.42. The number of allylic oxidation sites excluding steroid dienone is 1. The zero-order valence-corrected chi connectivity index (χ0v) is 30.9. The number of ether oxygens (including phenoxy) is 1. The van der Waals surface area contributed by atoms with Gasteiger partial charge in [-0.15, -0.1) is 0 Å². The van der Waals surface area contributed by atoms with E-state index in [1.54, 1.807) is 44.2 Å². The maximum Gasteiger partial charge on any atom is 0.455 e. The number of benzene rings is 4. The third-order valence-corrected chi connectivity index (χ3v) is 11.0. The predicted octanol–water partition coefficient (Wildman–Crippen LogP) is 9.45. The van der Waals surface area contributed by atoms with Gasteiger partial charge >= 0.3 is 19.5 Å². The molecule has 0 radical (unpaired) electrons. The van der Waals surface area contributed by atoms with Crippen LogP contribution >= 0.6 is 0 Å². The molecule has 0 spiro atoms. The fraction of sp³-hybridized carbons (Fsp3) is 0.302. The first-order valence-electron chi connectivity index (χ1n) is 18.5. The van der Waals surface area contributed by atoms with E-state index in [2.05, 4.69) is 0 Å². The Morgan fingerprint density at radius 3 is 2.05 bits per heavy atom. The number of amides is 2. The number of alkyl halides is 6. The van der Waals surface area contributed by atoms with Crippen LogP contribution < -0.4 is 9.64 Å². The first-order valence-corrected chi connectivity index (χ1v) is 18.5. The maximum atomic E-state index is 14.3. The van der Waals surface area contributed by atoms with Gasteiger partial charge in [-0.1, -0.05) is 54.6 Å². The second kappa shape index (κ2) is 15.5. The number of nitrogens with zero attached hydrogens (tertiary/aromatic N) is 1. The number of rotatable bonds is 9. The molecule has 0 saturated carbocycles. The molecule has 0 aromatic heterocycles. The lowest BCUT2D eigenvalue weighted by Crippen LogP contribution is -2.46. The average molecular weight is 790 g/mol. The lowest BCUT2D eigenvalue weighted by Gasteiger charge is -2.43. The van der Waals surface area contributed by atoms with Crippen LogP contribution in [-0.4, -0.2) is 41.8 Å². The van der Waals surface area contributed by atoms with Crippen LogP contribution in [0.15, 0.2) is 102 Å². The second-order valence-electron chi connectivity index (χ2n) is 14.8. The highest BCUT2D eigenvalue weighted by Crippen LogP contribution is 2.52. The minimum atomic E-state index is -5.20. The number of phenols is 1. The number of hydrogen-bond acceptors (Lipinski definition) is 6. The van der Waals surface area contributed by atoms with Crippen LogP contribution in [0.4, 0.5) is 32.0 Å². The number of aromatic hydroxyl groups is 1. The van der Waals surface area contributed by atoms with Crippen LogP contribution in [0.1, 0.15) is 52.6 Å². The summed E-state index contributed by atoms with van der Waals surface area (Å²) in [6.07, 6.45) is -8.71. The zero-order chi connectivity index (χ0) is 40.8. The van der Waals surface area contributed by atoms with E-state index in [1.807, 2.05) is 48.5 Å². The molecule has 4 atom stereocenters. The molecule has 2 heterocycles. The minimum Gasteiger partial charge on any atom is -0.507 e. The minimum absolute atomic E-state index is 0.0499. The van der Waals surface area contributed by atoms with Gasteiger partial charge in [0.25, 0.3) is 0 Å². The molecule has 2 N–H and O–H groups in total. The molecule has 2 saturated heterocycles. The summed E-state index contributed by atoms with van der Waals surface area (Å²) >= 11 is 0. The van der Waals surface area contributed by atoms with E-state index in [9.17, 15) is 46.1 Å². The summed E-state index contributed by atoms with van der Waals surface area (Å²) in [6, 6.07) is 22.8. The summed E-state index contributed by atoms with van der Waals surface area (Å²) in [5.41, 5.74) is 1.13. The summed E-state index contributed by atoms with van der Waals surface area (Å²) in [5.74, 6) is -4.34. The van der Waals surface area contributed by atoms with Crippen molar-refractivity contribution in [3.05, 3.63) is 136 Å². The smallest absolute Gasteiger partial charge is 0.455 e. The third kappa shape index (κ3) is 8.24. The quantitative estimate of drug-likeness (QED) is 0.0577. The number of aryl methyl sites for hydroxylation is 2. The van der Waals surface area contributed by atoms with Crippen molar-refractivity contribution in [2.75, 3.05) is 11.5 Å². The molecule has 57 heavy (non-hydrogen) atoms. The SMILES string of the molecule is Cc1cc(/C=C(/CC[C@H]2OB(O)C[C@H]3C2=C(COc2ccccc2)C[C@H]2C(=O)N(c4cc(C(F)(F)F)cc(C(F)(F)F)c4)C(=O)[C@H]23)c2ccccc2)cc(C)c1O. The van der Waals surface area contributed by atoms with Crippen molar-refractivity contribution in [2.45, 2.75) is 57.9 Å². The zero-order valence-electron chi connectivity index (χ0n) is 30.9. The van der Waals surface area contributed by atoms with E-state index in [1.165, 1.54) is 0 Å². The van der Waals surface area contributed by atoms with E-state index in [4.69, 9.17) is 9.39 Å². The van der Waals surface area contributed by atoms with E-state index in [-0.39, 0.29) is 31.2 Å². The van der Waals surface area contributed by atoms with Crippen LogP contribution in [0.5, 0.6) is 11.5 Å². The highest BCUT2D eigenvalue weighted by atomic mass is 19.4. The number of anilines is 1. The molecule has 0 unspecified atom stereocenters. The van der Waals surface area contributed by atoms with Gasteiger partial charge in [-0.2, -0.15) is 26.3 Å². The van der Waals surface area contributed by atoms with E-state index < -0.39 is 72.0 Å². The molecule has 7 rings (SSSR count). The predicted molar refractivity (Wildman–Crippen MR) is 202 cm³/mol. The maximum absolute atomic E-state index is 14.3. The van der Waals surface area contributed by atoms with Crippen LogP contribution in [-0.2, 0) is 26.6 Å². The van der Waals surface area contributed by atoms with Crippen LogP contribution in [0.3, 0.4) is 0 Å². The molecule has 2 amide bonds. The lowest BCUT2D eigenvalue weighted by atomic mass is 9.58. The molecule has 296 valence electrons. The van der Waals surface area contributed by atoms with E-state index in [0.717, 1.165) is 16.7 Å². The normalized spacial score (nSPS) is 21.5. The van der Waals surface area contributed by atoms with Crippen molar-refractivity contribution in [3.8, 4) is 11.5 Å². The van der Waals surface area contributed by atoms with Crippen molar-refractivity contribution in [1.29, 1.82) is 0 Å². The molecule has 4 aromatic rings. The Balaban J connectivity index is 1.27. The van der Waals surface area contributed by atoms with Crippen LogP contribution in [0.2, 0.25) is 6.32 Å². The number of hydrogen-bond donors (Lipinski definition) is 2. The van der Waals surface area contributed by atoms with Gasteiger partial charge in [0.1, 0.15) is 18.1 Å². The Morgan fingerprint density at radius 2 is 1.46 bits per heavy atom. The Morgan fingerprint density at radius 1 is 0.860 bits per heavy atom. The van der Waals surface area contributed by atoms with Crippen molar-refractivity contribution in [2.24, 2.45) is 17.8 Å². The van der Waals surface area contributed by atoms with Gasteiger partial charge in [-0.25, -0.2) is 4.90 Å². The summed E-state index contributed by atoms with van der Waals surface area (Å²) in [7, 11) is -1.40. The van der Waals surface area contributed by atoms with Gasteiger partial charge < -0.3 is 19.5 Å². The summed E-state index contributed by atoms with van der Waals surface area (Å²) in [5, 5.41) is 21.5. The van der Waals surface area contributed by atoms with Gasteiger partial charge in [-0.05, 0) is 127 Å². The molecule has 0 bridgehead atoms. The molecule has 2 fully saturated rings. The monoisotopic (exact) mass is 789 g/mol. The topological polar surface area (TPSA) is 96.3 Å². The number of halogens is 6. The Hall–Kier alpha value is -5.34. The van der Waals surface area contributed by atoms with Gasteiger partial charge in [0.2, 0.25) is 11.8 Å². The van der Waals surface area contributed by atoms with E-state index >= 15 is 0 Å². The number of fused-ring (bicyclic) bond motifs is 3. The highest BCUT2D eigenvalue weighted by molar-refractivity contribution is 6.43. The molecular formula is C43H38BF6NO6. The Kier molecular flexibility index (Phi) is 10.9. The Labute approximate surface area is 325 Å². The molecule has 4 aromatic carbocycles. The number of imide groups is 1. The average Bonchev–Trinajstić information content (AvgIpc) is 3.42. The molecule has 1 aliphatic carbocycles. The number of carbonyl (C=O) groups excluding carboxylic acids is 2. The van der Waals surface area contributed by atoms with Crippen molar-refractivity contribution in [3.63, 3.8) is 0 Å². The Bertz CT molecular complexity index is 2180. The third-order valence-electron chi connectivity index (χ3n) is 11.0. The van der Waals surface area contributed by atoms with Crippen LogP contribution in [0.25, 0.3) is 11.6 Å². The lowest BCUT2D eigenvalue weighted by molar-refractivity contribution is -0.143. The second-order valence-corrected chi connectivity index (χ2v) is 14.8. The van der Waals surface area contributed by atoms with Crippen molar-refractivity contribution < 1.29 is 55.5 Å². The fourth-order valence-electron chi connectivity index (χ4n) is 8.42. The highest BCUT2D eigenvalue weighted by Gasteiger charge is 2.58. The van der Waals surface area contributed by atoms with Gasteiger partial charge in [0.15, 0.2) is 0 Å². The van der Waals surface area contributed by atoms with Gasteiger partial charge in [-0.3, -0.25) is 9.59 Å². The van der Waals surface area contributed by atoms with Crippen molar-refractivity contribution in [1.82, 2.24) is 0 Å². The van der Waals surface area contributed by atoms with Gasteiger partial charge in [0, 0.05) is 0 Å². The van der Waals surface area contributed by atoms with Crippen molar-refractivity contribution >= 4 is 36.3 Å². The summed E-state index contributed by atoms with van der Waals surface area (Å²) < 4.78 is 95.6. The molecule has 3 aliphatic rings. The molecule has 7 nitrogen and oxygen atoms in total. The summed E-state index contributed by atoms with van der Waals surface area (Å²) in [4.78, 5) is 28.8. The number of phenolic OH excluding ortho intramolecular Hbond substituents is 1. The molecule has 14 heteroatoms. The first-order chi connectivity index (χ1) is 27.0. The van der Waals surface area contributed by atoms with E-state index in [0.29, 0.717) is 57.9 Å². The molecular weight excluding hydrogens is 751 g/mol. The van der Waals surface area contributed by atoms with Gasteiger partial charge in [0.05, 0.1) is 34.8 Å². The molecule has 2 aliphatic heterocycles. The first kappa shape index (κ1) is 39.9. The number of para-hydroxylation sites is 1.